The fraction of sp³-hybridized carbons (Fsp3) is 0.100. The number of hydrogen-bond acceptors (Lipinski definition) is 10. The molecule has 240 valence electrons. The highest BCUT2D eigenvalue weighted by Crippen LogP contribution is 2.56. The molecule has 0 bridgehead atoms. The first-order chi connectivity index (χ1) is 24.3. The average molecular weight is 787 g/mol. The van der Waals surface area contributed by atoms with Crippen LogP contribution in [0.25, 0.3) is 112 Å². The van der Waals surface area contributed by atoms with Gasteiger partial charge in [0, 0.05) is 90.1 Å². The highest BCUT2D eigenvalue weighted by Gasteiger charge is 2.26. The molecule has 50 heavy (non-hydrogen) atoms. The molecule has 4 aromatic carbocycles. The second-order valence-electron chi connectivity index (χ2n) is 13.0. The van der Waals surface area contributed by atoms with Gasteiger partial charge in [0.1, 0.15) is 0 Å². The number of hydrogen-bond donors (Lipinski definition) is 0. The maximum Gasteiger partial charge on any atom is 0.0908 e. The zero-order valence-corrected chi connectivity index (χ0v) is 33.5. The fourth-order valence-corrected chi connectivity index (χ4v) is 16.7. The van der Waals surface area contributed by atoms with E-state index in [1.54, 1.807) is 0 Å². The number of fused-ring (bicyclic) bond motifs is 11. The fourth-order valence-electron chi connectivity index (χ4n) is 7.78. The Morgan fingerprint density at radius 1 is 0.360 bits per heavy atom. The molecular weight excluding hydrogens is 765 g/mol. The van der Waals surface area contributed by atoms with Crippen molar-refractivity contribution in [3.05, 3.63) is 80.4 Å². The molecule has 0 fully saturated rings. The molecule has 8 aromatic heterocycles. The standard InChI is InChI=1S/C40H22N2S8/c1-15-5-6-25(43-15)29-12-21-19-10-23-40(46-18(4)41-23)36-33(19)34-20(11-24-39(45-17(3)42-24)35(34)37(21)49-29)22-13-30(50-38(22)36)26-7-8-27(47-26)31-14-32-28(48-31)9-16(2)44-32/h5-14H,1-4H3. The van der Waals surface area contributed by atoms with Crippen LogP contribution < -0.4 is 0 Å². The van der Waals surface area contributed by atoms with E-state index in [2.05, 4.69) is 88.4 Å². The van der Waals surface area contributed by atoms with Gasteiger partial charge in [0.2, 0.25) is 0 Å². The van der Waals surface area contributed by atoms with Crippen molar-refractivity contribution in [3.63, 3.8) is 0 Å². The third kappa shape index (κ3) is 3.96. The highest BCUT2D eigenvalue weighted by atomic mass is 32.1. The molecule has 0 unspecified atom stereocenters. The van der Waals surface area contributed by atoms with E-state index in [4.69, 9.17) is 9.97 Å². The van der Waals surface area contributed by atoms with E-state index in [0.29, 0.717) is 0 Å². The van der Waals surface area contributed by atoms with Crippen LogP contribution in [0.4, 0.5) is 0 Å². The Morgan fingerprint density at radius 3 is 1.42 bits per heavy atom. The molecule has 0 atom stereocenters. The van der Waals surface area contributed by atoms with Crippen molar-refractivity contribution in [2.24, 2.45) is 0 Å². The summed E-state index contributed by atoms with van der Waals surface area (Å²) in [6.07, 6.45) is 0. The maximum absolute atomic E-state index is 5.12. The smallest absolute Gasteiger partial charge is 0.0908 e. The zero-order chi connectivity index (χ0) is 33.2. The van der Waals surface area contributed by atoms with E-state index in [1.807, 2.05) is 90.7 Å². The predicted octanol–water partition coefficient (Wildman–Crippen LogP) is 15.9. The Bertz CT molecular complexity index is 3350. The number of benzene rings is 4. The van der Waals surface area contributed by atoms with Gasteiger partial charge in [-0.2, -0.15) is 0 Å². The van der Waals surface area contributed by atoms with Crippen LogP contribution >= 0.6 is 90.7 Å². The van der Waals surface area contributed by atoms with Gasteiger partial charge in [-0.05, 0) is 99.1 Å². The van der Waals surface area contributed by atoms with Crippen LogP contribution in [0, 0.1) is 27.7 Å². The Balaban J connectivity index is 1.22. The van der Waals surface area contributed by atoms with E-state index in [1.165, 1.54) is 110 Å². The molecule has 0 spiro atoms. The second kappa shape index (κ2) is 10.2. The summed E-state index contributed by atoms with van der Waals surface area (Å²) in [7, 11) is 0. The van der Waals surface area contributed by atoms with Crippen molar-refractivity contribution in [2.45, 2.75) is 27.7 Å². The van der Waals surface area contributed by atoms with Gasteiger partial charge in [0.25, 0.3) is 0 Å². The number of thiazole rings is 2. The Labute approximate surface area is 317 Å². The van der Waals surface area contributed by atoms with Crippen LogP contribution in [-0.2, 0) is 0 Å². The normalized spacial score (nSPS) is 12.8. The zero-order valence-electron chi connectivity index (χ0n) is 26.9. The van der Waals surface area contributed by atoms with E-state index < -0.39 is 0 Å². The molecule has 0 aliphatic heterocycles. The van der Waals surface area contributed by atoms with Gasteiger partial charge >= 0.3 is 0 Å². The van der Waals surface area contributed by atoms with Crippen molar-refractivity contribution < 1.29 is 0 Å². The summed E-state index contributed by atoms with van der Waals surface area (Å²) < 4.78 is 8.14. The van der Waals surface area contributed by atoms with Crippen molar-refractivity contribution in [1.29, 1.82) is 0 Å². The van der Waals surface area contributed by atoms with Gasteiger partial charge in [-0.3, -0.25) is 0 Å². The minimum absolute atomic E-state index is 1.11. The molecular formula is C40H22N2S8. The summed E-state index contributed by atoms with van der Waals surface area (Å²) >= 11 is 15.2. The Morgan fingerprint density at radius 2 is 0.880 bits per heavy atom. The summed E-state index contributed by atoms with van der Waals surface area (Å²) in [6.45, 7) is 8.71. The predicted molar refractivity (Wildman–Crippen MR) is 232 cm³/mol. The molecule has 0 saturated heterocycles. The van der Waals surface area contributed by atoms with Crippen LogP contribution in [0.3, 0.4) is 0 Å². The third-order valence-corrected chi connectivity index (χ3v) is 18.9. The van der Waals surface area contributed by atoms with Gasteiger partial charge < -0.3 is 0 Å². The first-order valence-electron chi connectivity index (χ1n) is 16.2. The molecule has 0 amide bonds. The van der Waals surface area contributed by atoms with E-state index in [0.717, 1.165) is 21.0 Å². The van der Waals surface area contributed by atoms with Crippen LogP contribution in [0.1, 0.15) is 19.8 Å². The number of aryl methyl sites for hydroxylation is 4. The summed E-state index contributed by atoms with van der Waals surface area (Å²) in [5.74, 6) is 0. The Hall–Kier alpha value is -3.32. The number of thiophene rings is 6. The second-order valence-corrected chi connectivity index (χ2v) is 22.2. The average Bonchev–Trinajstić information content (AvgIpc) is 3.92. The van der Waals surface area contributed by atoms with E-state index in [-0.39, 0.29) is 0 Å². The lowest BCUT2D eigenvalue weighted by Crippen LogP contribution is -1.88. The van der Waals surface area contributed by atoms with Crippen molar-refractivity contribution in [1.82, 2.24) is 9.97 Å². The minimum Gasteiger partial charge on any atom is -0.241 e. The van der Waals surface area contributed by atoms with Crippen molar-refractivity contribution in [2.75, 3.05) is 0 Å². The molecule has 10 heteroatoms. The first-order valence-corrected chi connectivity index (χ1v) is 22.7. The molecule has 0 aliphatic rings. The van der Waals surface area contributed by atoms with Gasteiger partial charge in [-0.15, -0.1) is 90.7 Å². The summed E-state index contributed by atoms with van der Waals surface area (Å²) in [5, 5.41) is 13.1. The molecule has 0 radical (unpaired) electrons. The Kier molecular flexibility index (Phi) is 5.96. The highest BCUT2D eigenvalue weighted by molar-refractivity contribution is 7.33. The third-order valence-electron chi connectivity index (χ3n) is 9.73. The van der Waals surface area contributed by atoms with Gasteiger partial charge in [-0.1, -0.05) is 0 Å². The lowest BCUT2D eigenvalue weighted by atomic mass is 9.90. The minimum atomic E-state index is 1.11. The monoisotopic (exact) mass is 786 g/mol. The van der Waals surface area contributed by atoms with Crippen LogP contribution in [0.5, 0.6) is 0 Å². The topological polar surface area (TPSA) is 25.8 Å². The SMILES string of the molecule is Cc1ccc(-c2cc3c4cc5nc(C)sc5c5c6sc(-c7ccc(-c8cc9sc(C)cc9s8)s7)cc6c6cc7nc(C)sc7c(c3s2)c6c45)s1. The quantitative estimate of drug-likeness (QED) is 0.167. The molecule has 0 aliphatic carbocycles. The van der Waals surface area contributed by atoms with E-state index >= 15 is 0 Å². The molecule has 0 saturated carbocycles. The van der Waals surface area contributed by atoms with Crippen LogP contribution in [-0.4, -0.2) is 9.97 Å². The lowest BCUT2D eigenvalue weighted by molar-refractivity contribution is 1.35. The number of nitrogens with zero attached hydrogens (tertiary/aromatic N) is 2. The van der Waals surface area contributed by atoms with Crippen LogP contribution in [0.15, 0.2) is 60.7 Å². The molecule has 8 heterocycles. The number of aromatic nitrogens is 2. The largest absolute Gasteiger partial charge is 0.241 e. The summed E-state index contributed by atoms with van der Waals surface area (Å²) in [4.78, 5) is 21.0. The molecule has 12 rings (SSSR count). The summed E-state index contributed by atoms with van der Waals surface area (Å²) in [5.41, 5.74) is 2.22. The summed E-state index contributed by atoms with van der Waals surface area (Å²) in [6, 6.07) is 23.6. The van der Waals surface area contributed by atoms with Gasteiger partial charge in [0.15, 0.2) is 0 Å². The lowest BCUT2D eigenvalue weighted by Gasteiger charge is -2.15. The maximum atomic E-state index is 5.12. The van der Waals surface area contributed by atoms with Crippen molar-refractivity contribution in [3.8, 4) is 29.3 Å². The molecule has 2 nitrogen and oxygen atoms in total. The van der Waals surface area contributed by atoms with Gasteiger partial charge in [-0.25, -0.2) is 9.97 Å². The van der Waals surface area contributed by atoms with E-state index in [9.17, 15) is 0 Å². The molecule has 12 aromatic rings. The first kappa shape index (κ1) is 29.3. The molecule has 0 N–H and O–H groups in total. The van der Waals surface area contributed by atoms with Crippen LogP contribution in [0.2, 0.25) is 0 Å². The number of rotatable bonds is 3. The van der Waals surface area contributed by atoms with Gasteiger partial charge in [0.05, 0.1) is 30.4 Å². The van der Waals surface area contributed by atoms with Crippen molar-refractivity contribution >= 4 is 173 Å².